The van der Waals surface area contributed by atoms with E-state index >= 15 is 0 Å². The second-order valence-corrected chi connectivity index (χ2v) is 4.09. The van der Waals surface area contributed by atoms with Gasteiger partial charge in [0.05, 0.1) is 20.4 Å². The van der Waals surface area contributed by atoms with Gasteiger partial charge in [0.15, 0.2) is 11.5 Å². The number of nitrogens with one attached hydrogen (secondary N) is 1. The number of para-hydroxylation sites is 1. The smallest absolute Gasteiger partial charge is 0.243 e. The minimum absolute atomic E-state index is 0.0203. The first kappa shape index (κ1) is 12.4. The minimum atomic E-state index is -0.0203. The molecule has 0 heterocycles. The van der Waals surface area contributed by atoms with Crippen LogP contribution >= 0.6 is 0 Å². The van der Waals surface area contributed by atoms with Crippen LogP contribution in [-0.2, 0) is 4.79 Å². The third-order valence-corrected chi connectivity index (χ3v) is 2.76. The van der Waals surface area contributed by atoms with Crippen LogP contribution in [0.15, 0.2) is 23.3 Å². The lowest BCUT2D eigenvalue weighted by molar-refractivity contribution is -0.122. The van der Waals surface area contributed by atoms with Crippen LogP contribution in [-0.4, -0.2) is 26.3 Å². The van der Waals surface area contributed by atoms with E-state index < -0.39 is 0 Å². The zero-order valence-corrected chi connectivity index (χ0v) is 10.5. The van der Waals surface area contributed by atoms with E-state index in [4.69, 9.17) is 9.47 Å². The molecule has 1 saturated carbocycles. The minimum Gasteiger partial charge on any atom is -0.493 e. The molecule has 1 N–H and O–H groups in total. The molecule has 0 atom stereocenters. The van der Waals surface area contributed by atoms with Gasteiger partial charge in [0.1, 0.15) is 0 Å². The van der Waals surface area contributed by atoms with Crippen molar-refractivity contribution in [2.45, 2.75) is 12.8 Å². The van der Waals surface area contributed by atoms with Gasteiger partial charge in [-0.3, -0.25) is 4.79 Å². The standard InChI is InChI=1S/C13H16N2O3/c1-17-11-5-3-4-10(12(11)18-2)8-14-15-13(16)9-6-7-9/h3-5,8-9H,6-7H2,1-2H3,(H,15,16). The fourth-order valence-electron chi connectivity index (χ4n) is 1.62. The summed E-state index contributed by atoms with van der Waals surface area (Å²) in [5.41, 5.74) is 3.27. The van der Waals surface area contributed by atoms with Crippen molar-refractivity contribution in [3.63, 3.8) is 0 Å². The molecular weight excluding hydrogens is 232 g/mol. The number of carbonyl (C=O) groups excluding carboxylic acids is 1. The van der Waals surface area contributed by atoms with Gasteiger partial charge in [0.2, 0.25) is 5.91 Å². The molecule has 0 spiro atoms. The van der Waals surface area contributed by atoms with E-state index in [-0.39, 0.29) is 11.8 Å². The maximum Gasteiger partial charge on any atom is 0.243 e. The molecule has 5 nitrogen and oxygen atoms in total. The molecule has 0 aromatic heterocycles. The van der Waals surface area contributed by atoms with Crippen molar-refractivity contribution in [2.24, 2.45) is 11.0 Å². The molecule has 5 heteroatoms. The summed E-state index contributed by atoms with van der Waals surface area (Å²) in [6.45, 7) is 0. The molecule has 0 aliphatic heterocycles. The second kappa shape index (κ2) is 5.53. The molecule has 0 unspecified atom stereocenters. The lowest BCUT2D eigenvalue weighted by Crippen LogP contribution is -2.19. The summed E-state index contributed by atoms with van der Waals surface area (Å²) in [6.07, 6.45) is 3.48. The average molecular weight is 248 g/mol. The van der Waals surface area contributed by atoms with Crippen molar-refractivity contribution in [3.05, 3.63) is 23.8 Å². The lowest BCUT2D eigenvalue weighted by atomic mass is 10.2. The van der Waals surface area contributed by atoms with Gasteiger partial charge in [-0.05, 0) is 25.0 Å². The van der Waals surface area contributed by atoms with E-state index in [0.29, 0.717) is 11.5 Å². The number of amides is 1. The van der Waals surface area contributed by atoms with E-state index in [1.807, 2.05) is 12.1 Å². The van der Waals surface area contributed by atoms with Gasteiger partial charge in [0, 0.05) is 11.5 Å². The summed E-state index contributed by atoms with van der Waals surface area (Å²) in [6, 6.07) is 5.48. The first-order valence-corrected chi connectivity index (χ1v) is 5.80. The Balaban J connectivity index is 2.07. The average Bonchev–Trinajstić information content (AvgIpc) is 3.22. The number of hydrogen-bond donors (Lipinski definition) is 1. The monoisotopic (exact) mass is 248 g/mol. The lowest BCUT2D eigenvalue weighted by Gasteiger charge is -2.09. The molecule has 0 saturated heterocycles. The molecule has 1 aliphatic rings. The van der Waals surface area contributed by atoms with Crippen LogP contribution < -0.4 is 14.9 Å². The Bertz CT molecular complexity index is 467. The molecule has 0 radical (unpaired) electrons. The predicted octanol–water partition coefficient (Wildman–Crippen LogP) is 1.56. The third kappa shape index (κ3) is 2.80. The molecule has 1 amide bonds. The predicted molar refractivity (Wildman–Crippen MR) is 68.0 cm³/mol. The van der Waals surface area contributed by atoms with Crippen LogP contribution in [0.2, 0.25) is 0 Å². The van der Waals surface area contributed by atoms with Gasteiger partial charge in [0.25, 0.3) is 0 Å². The number of carbonyl (C=O) groups is 1. The molecule has 1 aromatic carbocycles. The van der Waals surface area contributed by atoms with E-state index in [1.54, 1.807) is 26.5 Å². The quantitative estimate of drug-likeness (QED) is 0.635. The Morgan fingerprint density at radius 2 is 2.17 bits per heavy atom. The van der Waals surface area contributed by atoms with Crippen molar-refractivity contribution in [3.8, 4) is 11.5 Å². The maximum absolute atomic E-state index is 11.4. The van der Waals surface area contributed by atoms with Gasteiger partial charge in [-0.25, -0.2) is 5.43 Å². The number of rotatable bonds is 5. The van der Waals surface area contributed by atoms with Crippen molar-refractivity contribution in [1.29, 1.82) is 0 Å². The molecule has 1 aliphatic carbocycles. The molecule has 0 bridgehead atoms. The fourth-order valence-corrected chi connectivity index (χ4v) is 1.62. The van der Waals surface area contributed by atoms with E-state index in [9.17, 15) is 4.79 Å². The van der Waals surface area contributed by atoms with Gasteiger partial charge in [-0.2, -0.15) is 5.10 Å². The molecule has 1 fully saturated rings. The number of nitrogens with zero attached hydrogens (tertiary/aromatic N) is 1. The first-order valence-electron chi connectivity index (χ1n) is 5.80. The summed E-state index contributed by atoms with van der Waals surface area (Å²) in [5.74, 6) is 1.36. The molecule has 96 valence electrons. The van der Waals surface area contributed by atoms with Gasteiger partial charge in [-0.15, -0.1) is 0 Å². The van der Waals surface area contributed by atoms with Crippen LogP contribution in [0.5, 0.6) is 11.5 Å². The summed E-state index contributed by atoms with van der Waals surface area (Å²) >= 11 is 0. The first-order chi connectivity index (χ1) is 8.76. The normalized spacial score (nSPS) is 14.6. The third-order valence-electron chi connectivity index (χ3n) is 2.76. The largest absolute Gasteiger partial charge is 0.493 e. The molecule has 2 rings (SSSR count). The van der Waals surface area contributed by atoms with E-state index in [0.717, 1.165) is 18.4 Å². The van der Waals surface area contributed by atoms with Crippen LogP contribution in [0.25, 0.3) is 0 Å². The zero-order valence-electron chi connectivity index (χ0n) is 10.5. The highest BCUT2D eigenvalue weighted by atomic mass is 16.5. The number of hydrazone groups is 1. The summed E-state index contributed by atoms with van der Waals surface area (Å²) in [7, 11) is 3.14. The van der Waals surface area contributed by atoms with Gasteiger partial charge in [-0.1, -0.05) is 6.07 Å². The van der Waals surface area contributed by atoms with Crippen LogP contribution in [0, 0.1) is 5.92 Å². The maximum atomic E-state index is 11.4. The van der Waals surface area contributed by atoms with Crippen molar-refractivity contribution < 1.29 is 14.3 Å². The van der Waals surface area contributed by atoms with E-state index in [1.165, 1.54) is 0 Å². The Labute approximate surface area is 106 Å². The highest BCUT2D eigenvalue weighted by molar-refractivity contribution is 5.87. The van der Waals surface area contributed by atoms with Gasteiger partial charge >= 0.3 is 0 Å². The Morgan fingerprint density at radius 3 is 2.78 bits per heavy atom. The Morgan fingerprint density at radius 1 is 1.39 bits per heavy atom. The van der Waals surface area contributed by atoms with E-state index in [2.05, 4.69) is 10.5 Å². The number of ether oxygens (including phenoxy) is 2. The zero-order chi connectivity index (χ0) is 13.0. The summed E-state index contributed by atoms with van der Waals surface area (Å²) in [4.78, 5) is 11.4. The Kier molecular flexibility index (Phi) is 3.82. The van der Waals surface area contributed by atoms with Crippen LogP contribution in [0.4, 0.5) is 0 Å². The summed E-state index contributed by atoms with van der Waals surface area (Å²) in [5, 5.41) is 3.93. The van der Waals surface area contributed by atoms with Crippen molar-refractivity contribution >= 4 is 12.1 Å². The highest BCUT2D eigenvalue weighted by Gasteiger charge is 2.29. The fraction of sp³-hybridized carbons (Fsp3) is 0.385. The van der Waals surface area contributed by atoms with Crippen LogP contribution in [0.3, 0.4) is 0 Å². The number of methoxy groups -OCH3 is 2. The highest BCUT2D eigenvalue weighted by Crippen LogP contribution is 2.30. The van der Waals surface area contributed by atoms with Crippen molar-refractivity contribution in [1.82, 2.24) is 5.43 Å². The Hall–Kier alpha value is -2.04. The van der Waals surface area contributed by atoms with Gasteiger partial charge < -0.3 is 9.47 Å². The second-order valence-electron chi connectivity index (χ2n) is 4.09. The molecule has 18 heavy (non-hydrogen) atoms. The molecule has 1 aromatic rings. The molecular formula is C13H16N2O3. The summed E-state index contributed by atoms with van der Waals surface area (Å²) < 4.78 is 10.4. The SMILES string of the molecule is COc1cccc(C=NNC(=O)C2CC2)c1OC. The topological polar surface area (TPSA) is 59.9 Å². The number of hydrogen-bond acceptors (Lipinski definition) is 4. The number of benzene rings is 1. The van der Waals surface area contributed by atoms with Crippen molar-refractivity contribution in [2.75, 3.05) is 14.2 Å². The van der Waals surface area contributed by atoms with Crippen LogP contribution in [0.1, 0.15) is 18.4 Å².